The molecule has 2 amide bonds. The number of fused-ring (bicyclic) bond motifs is 1. The van der Waals surface area contributed by atoms with Gasteiger partial charge in [-0.2, -0.15) is 4.57 Å². The topological polar surface area (TPSA) is 194 Å². The smallest absolute Gasteiger partial charge is 0.544 e. The summed E-state index contributed by atoms with van der Waals surface area (Å²) in [4.78, 5) is 59.1. The largest absolute Gasteiger partial charge is 1.00 e. The van der Waals surface area contributed by atoms with Gasteiger partial charge in [0.1, 0.15) is 30.2 Å². The number of thioether (sulfide) groups is 2. The van der Waals surface area contributed by atoms with E-state index in [4.69, 9.17) is 10.6 Å². The van der Waals surface area contributed by atoms with Crippen molar-refractivity contribution in [1.29, 1.82) is 0 Å². The standard InChI is InChI=1S/C21H20N6O7S3.Na/c1-34-25-14(12-9-37-21(22)23-12)17(30)24-15-18(31)27-16(20(32)33)10(8-36-19(15)27)7-35-11-2-4-26(5-3-11)6-13(28)29;/h2-5,9,15,19H,6-8H2,1H3,(H4-,22,23,24,28,29,30,32,33);/q;+1/p-1/b25-14-;/t15-,19-;/m1./s1. The average Bonchev–Trinajstić information content (AvgIpc) is 3.29. The number of hydrogen-bond acceptors (Lipinski definition) is 13. The van der Waals surface area contributed by atoms with Gasteiger partial charge >= 0.3 is 29.6 Å². The number of thiazole rings is 1. The van der Waals surface area contributed by atoms with Crippen LogP contribution in [0.15, 0.2) is 51.2 Å². The van der Waals surface area contributed by atoms with E-state index in [0.29, 0.717) is 11.3 Å². The summed E-state index contributed by atoms with van der Waals surface area (Å²) in [5.74, 6) is -3.44. The Morgan fingerprint density at radius 1 is 1.34 bits per heavy atom. The number of oxime groups is 1. The van der Waals surface area contributed by atoms with Crippen LogP contribution in [-0.4, -0.2) is 69.4 Å². The molecule has 2 aromatic heterocycles. The number of nitrogens with zero attached hydrogens (tertiary/aromatic N) is 4. The number of pyridine rings is 1. The van der Waals surface area contributed by atoms with Gasteiger partial charge in [0.25, 0.3) is 11.8 Å². The molecule has 0 aromatic carbocycles. The van der Waals surface area contributed by atoms with Gasteiger partial charge in [-0.25, -0.2) is 4.98 Å². The van der Waals surface area contributed by atoms with Crippen LogP contribution in [0.1, 0.15) is 5.69 Å². The summed E-state index contributed by atoms with van der Waals surface area (Å²) in [5.41, 5.74) is 5.92. The van der Waals surface area contributed by atoms with Crippen molar-refractivity contribution in [2.45, 2.75) is 22.9 Å². The first kappa shape index (κ1) is 29.9. The number of β-lactam (4-membered cyclic amide) rings is 1. The second-order valence-electron chi connectivity index (χ2n) is 7.66. The monoisotopic (exact) mass is 586 g/mol. The molecule has 13 nitrogen and oxygen atoms in total. The minimum Gasteiger partial charge on any atom is -0.544 e. The Kier molecular flexibility index (Phi) is 10.2. The summed E-state index contributed by atoms with van der Waals surface area (Å²) < 4.78 is 1.44. The number of carboxylic acid groups (broad SMARTS) is 2. The maximum atomic E-state index is 12.9. The molecule has 2 aliphatic rings. The summed E-state index contributed by atoms with van der Waals surface area (Å²) in [6, 6.07) is 2.41. The molecule has 4 heterocycles. The van der Waals surface area contributed by atoms with Crippen molar-refractivity contribution in [3.05, 3.63) is 46.9 Å². The van der Waals surface area contributed by atoms with Crippen LogP contribution in [0.3, 0.4) is 0 Å². The van der Waals surface area contributed by atoms with E-state index in [1.54, 1.807) is 24.5 Å². The molecule has 194 valence electrons. The Hall–Kier alpha value is -2.63. The second kappa shape index (κ2) is 12.9. The molecule has 0 aliphatic carbocycles. The molecule has 3 N–H and O–H groups in total. The van der Waals surface area contributed by atoms with Crippen LogP contribution >= 0.6 is 34.9 Å². The normalized spacial score (nSPS) is 18.7. The Morgan fingerprint density at radius 3 is 2.63 bits per heavy atom. The van der Waals surface area contributed by atoms with E-state index < -0.39 is 35.2 Å². The number of carbonyl (C=O) groups is 4. The van der Waals surface area contributed by atoms with E-state index in [2.05, 4.69) is 15.5 Å². The molecule has 0 saturated carbocycles. The Labute approximate surface area is 250 Å². The molecule has 2 atom stereocenters. The minimum atomic E-state index is -1.49. The van der Waals surface area contributed by atoms with Crippen LogP contribution in [0.2, 0.25) is 0 Å². The molecule has 2 aliphatic heterocycles. The van der Waals surface area contributed by atoms with E-state index >= 15 is 0 Å². The number of nitrogens with one attached hydrogen (secondary N) is 1. The summed E-state index contributed by atoms with van der Waals surface area (Å²) in [6.07, 6.45) is 3.15. The fourth-order valence-electron chi connectivity index (χ4n) is 3.65. The second-order valence-corrected chi connectivity index (χ2v) is 10.7. The predicted octanol–water partition coefficient (Wildman–Crippen LogP) is -5.69. The van der Waals surface area contributed by atoms with E-state index in [1.807, 2.05) is 0 Å². The number of carboxylic acids is 2. The minimum absolute atomic E-state index is 0. The van der Waals surface area contributed by atoms with Crippen LogP contribution in [0, 0.1) is 0 Å². The number of aliphatic carboxylic acids is 2. The molecule has 2 aromatic rings. The quantitative estimate of drug-likeness (QED) is 0.0673. The van der Waals surface area contributed by atoms with Crippen LogP contribution in [0.25, 0.3) is 0 Å². The van der Waals surface area contributed by atoms with Crippen molar-refractivity contribution in [3.8, 4) is 0 Å². The summed E-state index contributed by atoms with van der Waals surface area (Å²) in [7, 11) is 1.26. The molecule has 0 unspecified atom stereocenters. The Balaban J connectivity index is 0.00000400. The number of nitrogen functional groups attached to an aromatic ring is 1. The van der Waals surface area contributed by atoms with Crippen molar-refractivity contribution >= 4 is 69.5 Å². The number of anilines is 1. The van der Waals surface area contributed by atoms with E-state index in [0.717, 1.165) is 21.1 Å². The Morgan fingerprint density at radius 2 is 2.05 bits per heavy atom. The van der Waals surface area contributed by atoms with Crippen molar-refractivity contribution < 1.29 is 68.4 Å². The molecule has 1 saturated heterocycles. The number of carbonyl (C=O) groups excluding carboxylic acids is 4. The van der Waals surface area contributed by atoms with Gasteiger partial charge in [0, 0.05) is 33.9 Å². The number of hydrogen-bond donors (Lipinski definition) is 2. The van der Waals surface area contributed by atoms with Gasteiger partial charge in [-0.1, -0.05) is 5.16 Å². The first-order valence-corrected chi connectivity index (χ1v) is 13.4. The number of amides is 2. The molecular weight excluding hydrogens is 567 g/mol. The number of rotatable bonds is 10. The molecular formula is C21H19N6NaO7S3. The fraction of sp³-hybridized carbons (Fsp3) is 0.286. The van der Waals surface area contributed by atoms with Gasteiger partial charge < -0.3 is 35.7 Å². The van der Waals surface area contributed by atoms with Crippen molar-refractivity contribution in [1.82, 2.24) is 15.2 Å². The van der Waals surface area contributed by atoms with Crippen LogP contribution in [0.4, 0.5) is 5.13 Å². The van der Waals surface area contributed by atoms with E-state index in [-0.39, 0.29) is 64.1 Å². The maximum absolute atomic E-state index is 12.9. The van der Waals surface area contributed by atoms with Crippen molar-refractivity contribution in [3.63, 3.8) is 0 Å². The first-order valence-electron chi connectivity index (χ1n) is 10.5. The molecule has 0 spiro atoms. The van der Waals surface area contributed by atoms with E-state index in [9.17, 15) is 29.4 Å². The zero-order valence-electron chi connectivity index (χ0n) is 20.1. The average molecular weight is 587 g/mol. The van der Waals surface area contributed by atoms with Crippen LogP contribution in [-0.2, 0) is 30.6 Å². The van der Waals surface area contributed by atoms with Gasteiger partial charge in [0.15, 0.2) is 29.8 Å². The summed E-state index contributed by atoms with van der Waals surface area (Å²) in [5, 5.41) is 30.1. The van der Waals surface area contributed by atoms with Gasteiger partial charge in [0.05, 0.1) is 11.7 Å². The zero-order chi connectivity index (χ0) is 26.7. The fourth-order valence-corrected chi connectivity index (χ4v) is 6.57. The molecule has 0 bridgehead atoms. The summed E-state index contributed by atoms with van der Waals surface area (Å²) >= 11 is 3.75. The Bertz CT molecular complexity index is 1320. The van der Waals surface area contributed by atoms with Crippen LogP contribution in [0.5, 0.6) is 0 Å². The van der Waals surface area contributed by atoms with Gasteiger partial charge in [-0.15, -0.1) is 34.9 Å². The number of aromatic nitrogens is 2. The number of nitrogens with two attached hydrogens (primary N) is 1. The third-order valence-electron chi connectivity index (χ3n) is 5.27. The first-order chi connectivity index (χ1) is 17.7. The predicted molar refractivity (Wildman–Crippen MR) is 129 cm³/mol. The van der Waals surface area contributed by atoms with Gasteiger partial charge in [-0.3, -0.25) is 14.5 Å². The SMILES string of the molecule is CO/N=C(\C(=O)N[C@@H]1C(=O)N2C(C(=O)[O-])=C(CSc3cc[n+](CC(=O)[O-])cc3)CS[C@H]12)c1csc(N)n1.[Na+]. The van der Waals surface area contributed by atoms with Gasteiger partial charge in [0.2, 0.25) is 0 Å². The maximum Gasteiger partial charge on any atom is 1.00 e. The molecule has 17 heteroatoms. The van der Waals surface area contributed by atoms with Gasteiger partial charge in [-0.05, 0) is 5.57 Å². The third-order valence-corrected chi connectivity index (χ3v) is 8.39. The third kappa shape index (κ3) is 6.50. The molecule has 38 heavy (non-hydrogen) atoms. The summed E-state index contributed by atoms with van der Waals surface area (Å²) in [6.45, 7) is -0.283. The van der Waals surface area contributed by atoms with E-state index in [1.165, 1.54) is 40.6 Å². The molecule has 0 radical (unpaired) electrons. The van der Waals surface area contributed by atoms with Crippen LogP contribution < -0.4 is 55.4 Å². The van der Waals surface area contributed by atoms with Crippen molar-refractivity contribution in [2.75, 3.05) is 24.3 Å². The zero-order valence-corrected chi connectivity index (χ0v) is 24.6. The molecule has 1 fully saturated rings. The van der Waals surface area contributed by atoms with Crippen molar-refractivity contribution in [2.24, 2.45) is 5.16 Å². The molecule has 4 rings (SSSR count).